The standard InChI is InChI=1S/C42H24N4/c1-2-19-43-36(12-1)37-18-17-29(22-44-37)42-45-23-31(24-46-42)30-20-28-16-15-27-7-4-10-33-32-9-3-6-25-13-14-26-8-5-11-34(40(26)38(25)32)35(21-30)41(28)39(27)33/h1-24H. The van der Waals surface area contributed by atoms with E-state index in [4.69, 9.17) is 9.97 Å². The van der Waals surface area contributed by atoms with Gasteiger partial charge >= 0.3 is 0 Å². The van der Waals surface area contributed by atoms with Crippen LogP contribution in [-0.2, 0) is 0 Å². The molecular formula is C42H24N4. The van der Waals surface area contributed by atoms with Crippen molar-refractivity contribution in [2.75, 3.05) is 0 Å². The Kier molecular flexibility index (Phi) is 5.25. The van der Waals surface area contributed by atoms with Gasteiger partial charge in [-0.15, -0.1) is 0 Å². The second-order valence-electron chi connectivity index (χ2n) is 11.9. The number of fused-ring (bicyclic) bond motifs is 2. The maximum atomic E-state index is 4.79. The molecule has 3 heterocycles. The van der Waals surface area contributed by atoms with Gasteiger partial charge in [0.1, 0.15) is 0 Å². The van der Waals surface area contributed by atoms with Crippen molar-refractivity contribution >= 4 is 64.6 Å². The van der Waals surface area contributed by atoms with Crippen LogP contribution in [0.4, 0.5) is 0 Å². The Morgan fingerprint density at radius 2 is 0.891 bits per heavy atom. The highest BCUT2D eigenvalue weighted by Gasteiger charge is 2.16. The highest BCUT2D eigenvalue weighted by molar-refractivity contribution is 6.37. The van der Waals surface area contributed by atoms with Crippen LogP contribution in [0.1, 0.15) is 0 Å². The molecule has 0 saturated heterocycles. The second kappa shape index (κ2) is 9.62. The van der Waals surface area contributed by atoms with Crippen LogP contribution >= 0.6 is 0 Å². The van der Waals surface area contributed by atoms with E-state index < -0.39 is 0 Å². The topological polar surface area (TPSA) is 51.6 Å². The fourth-order valence-electron chi connectivity index (χ4n) is 7.27. The summed E-state index contributed by atoms with van der Waals surface area (Å²) in [5.74, 6) is 0.642. The van der Waals surface area contributed by atoms with Crippen LogP contribution < -0.4 is 0 Å². The third-order valence-electron chi connectivity index (χ3n) is 9.36. The summed E-state index contributed by atoms with van der Waals surface area (Å²) in [6, 6.07) is 43.5. The lowest BCUT2D eigenvalue weighted by molar-refractivity contribution is 1.16. The van der Waals surface area contributed by atoms with Crippen LogP contribution in [0.3, 0.4) is 0 Å². The van der Waals surface area contributed by atoms with Gasteiger partial charge in [-0.25, -0.2) is 9.97 Å². The van der Waals surface area contributed by atoms with Crippen molar-refractivity contribution in [2.24, 2.45) is 0 Å². The van der Waals surface area contributed by atoms with Crippen molar-refractivity contribution in [1.29, 1.82) is 0 Å². The SMILES string of the molecule is c1ccc(-c2ccc(-c3ncc(-c4cc5ccc6cccc7c8cccc9ccc%10cccc(c(c4)c5c67)c%10c98)cn3)cn2)nc1. The third-order valence-corrected chi connectivity index (χ3v) is 9.36. The van der Waals surface area contributed by atoms with E-state index in [1.54, 1.807) is 6.20 Å². The number of rotatable bonds is 3. The molecule has 0 N–H and O–H groups in total. The van der Waals surface area contributed by atoms with Crippen molar-refractivity contribution in [3.63, 3.8) is 0 Å². The summed E-state index contributed by atoms with van der Waals surface area (Å²) in [5.41, 5.74) is 4.59. The molecule has 46 heavy (non-hydrogen) atoms. The zero-order chi connectivity index (χ0) is 30.2. The summed E-state index contributed by atoms with van der Waals surface area (Å²) < 4.78 is 0. The maximum Gasteiger partial charge on any atom is 0.160 e. The second-order valence-corrected chi connectivity index (χ2v) is 11.9. The summed E-state index contributed by atoms with van der Waals surface area (Å²) in [6.45, 7) is 0. The summed E-state index contributed by atoms with van der Waals surface area (Å²) >= 11 is 0. The molecule has 0 fully saturated rings. The summed E-state index contributed by atoms with van der Waals surface area (Å²) in [6.07, 6.45) is 7.44. The normalized spacial score (nSPS) is 11.9. The largest absolute Gasteiger partial charge is 0.255 e. The Morgan fingerprint density at radius 1 is 0.326 bits per heavy atom. The number of hydrogen-bond donors (Lipinski definition) is 0. The van der Waals surface area contributed by atoms with E-state index in [2.05, 4.69) is 101 Å². The van der Waals surface area contributed by atoms with Gasteiger partial charge in [-0.2, -0.15) is 0 Å². The fraction of sp³-hybridized carbons (Fsp3) is 0. The molecule has 7 aromatic carbocycles. The molecule has 0 spiro atoms. The maximum absolute atomic E-state index is 4.79. The third kappa shape index (κ3) is 3.67. The summed E-state index contributed by atoms with van der Waals surface area (Å²) in [5, 5.41) is 15.2. The van der Waals surface area contributed by atoms with Gasteiger partial charge in [0, 0.05) is 35.9 Å². The predicted molar refractivity (Wildman–Crippen MR) is 190 cm³/mol. The lowest BCUT2D eigenvalue weighted by Gasteiger charge is -2.17. The lowest BCUT2D eigenvalue weighted by Crippen LogP contribution is -1.93. The van der Waals surface area contributed by atoms with Crippen LogP contribution in [0.2, 0.25) is 0 Å². The van der Waals surface area contributed by atoms with Crippen LogP contribution in [-0.4, -0.2) is 19.9 Å². The summed E-state index contributed by atoms with van der Waals surface area (Å²) in [7, 11) is 0. The lowest BCUT2D eigenvalue weighted by atomic mass is 9.87. The Hall–Kier alpha value is -6.26. The Balaban J connectivity index is 1.21. The van der Waals surface area contributed by atoms with E-state index in [-0.39, 0.29) is 0 Å². The van der Waals surface area contributed by atoms with Gasteiger partial charge in [0.15, 0.2) is 5.82 Å². The number of aromatic nitrogens is 4. The van der Waals surface area contributed by atoms with Gasteiger partial charge in [-0.3, -0.25) is 9.97 Å². The van der Waals surface area contributed by atoms with Crippen molar-refractivity contribution in [3.8, 4) is 33.9 Å². The van der Waals surface area contributed by atoms with Crippen LogP contribution in [0, 0.1) is 0 Å². The molecule has 0 atom stereocenters. The smallest absolute Gasteiger partial charge is 0.160 e. The average Bonchev–Trinajstić information content (AvgIpc) is 3.13. The Bertz CT molecular complexity index is 2760. The molecule has 0 aliphatic heterocycles. The first-order chi connectivity index (χ1) is 22.8. The minimum atomic E-state index is 0.642. The van der Waals surface area contributed by atoms with Crippen molar-refractivity contribution in [1.82, 2.24) is 19.9 Å². The highest BCUT2D eigenvalue weighted by atomic mass is 14.9. The quantitative estimate of drug-likeness (QED) is 0.194. The highest BCUT2D eigenvalue weighted by Crippen LogP contribution is 2.44. The molecule has 0 radical (unpaired) electrons. The van der Waals surface area contributed by atoms with Crippen molar-refractivity contribution in [3.05, 3.63) is 146 Å². The van der Waals surface area contributed by atoms with E-state index in [0.29, 0.717) is 5.82 Å². The minimum absolute atomic E-state index is 0.642. The fourth-order valence-corrected chi connectivity index (χ4v) is 7.27. The number of pyridine rings is 2. The molecule has 4 heteroatoms. The summed E-state index contributed by atoms with van der Waals surface area (Å²) in [4.78, 5) is 18.6. The predicted octanol–water partition coefficient (Wildman–Crippen LogP) is 10.6. The first-order valence-corrected chi connectivity index (χ1v) is 15.5. The number of hydrogen-bond acceptors (Lipinski definition) is 4. The molecule has 10 aromatic rings. The molecule has 0 saturated carbocycles. The molecule has 212 valence electrons. The molecule has 0 bridgehead atoms. The molecule has 0 amide bonds. The molecule has 0 unspecified atom stereocenters. The van der Waals surface area contributed by atoms with Crippen molar-refractivity contribution in [2.45, 2.75) is 0 Å². The Labute approximate surface area is 264 Å². The van der Waals surface area contributed by atoms with Gasteiger partial charge in [0.2, 0.25) is 0 Å². The first-order valence-electron chi connectivity index (χ1n) is 15.5. The van der Waals surface area contributed by atoms with Crippen LogP contribution in [0.25, 0.3) is 98.5 Å². The monoisotopic (exact) mass is 584 g/mol. The average molecular weight is 585 g/mol. The molecule has 0 aliphatic rings. The number of nitrogens with zero attached hydrogens (tertiary/aromatic N) is 4. The first kappa shape index (κ1) is 25.1. The van der Waals surface area contributed by atoms with Gasteiger partial charge in [0.25, 0.3) is 0 Å². The number of benzene rings is 6. The van der Waals surface area contributed by atoms with Gasteiger partial charge in [-0.1, -0.05) is 84.9 Å². The molecule has 3 aromatic heterocycles. The van der Waals surface area contributed by atoms with Gasteiger partial charge < -0.3 is 0 Å². The Morgan fingerprint density at radius 3 is 1.48 bits per heavy atom. The van der Waals surface area contributed by atoms with E-state index in [0.717, 1.165) is 28.1 Å². The molecule has 4 nitrogen and oxygen atoms in total. The van der Waals surface area contributed by atoms with Crippen LogP contribution in [0.15, 0.2) is 146 Å². The molecule has 10 rings (SSSR count). The van der Waals surface area contributed by atoms with Crippen LogP contribution in [0.5, 0.6) is 0 Å². The van der Waals surface area contributed by atoms with Crippen molar-refractivity contribution < 1.29 is 0 Å². The van der Waals surface area contributed by atoms with Gasteiger partial charge in [0.05, 0.1) is 11.4 Å². The molecular weight excluding hydrogens is 560 g/mol. The zero-order valence-electron chi connectivity index (χ0n) is 24.6. The zero-order valence-corrected chi connectivity index (χ0v) is 24.6. The minimum Gasteiger partial charge on any atom is -0.255 e. The van der Waals surface area contributed by atoms with E-state index >= 15 is 0 Å². The van der Waals surface area contributed by atoms with E-state index in [1.807, 2.05) is 48.9 Å². The molecule has 0 aliphatic carbocycles. The van der Waals surface area contributed by atoms with Gasteiger partial charge in [-0.05, 0) is 107 Å². The van der Waals surface area contributed by atoms with E-state index in [9.17, 15) is 0 Å². The van der Waals surface area contributed by atoms with E-state index in [1.165, 1.54) is 64.6 Å².